The smallest absolute Gasteiger partial charge is 0.300 e. The predicted octanol–water partition coefficient (Wildman–Crippen LogP) is 3.00. The van der Waals surface area contributed by atoms with Gasteiger partial charge < -0.3 is 10.0 Å². The van der Waals surface area contributed by atoms with Gasteiger partial charge in [-0.15, -0.1) is 0 Å². The molecule has 0 unspecified atom stereocenters. The molecule has 0 aromatic carbocycles. The quantitative estimate of drug-likeness (QED) is 0.666. The SMILES string of the molecule is CC(=O)O.CCCCCCCCN(C)C. The standard InChI is InChI=1S/C10H23N.C2H4O2/c1-4-5-6-7-8-9-10-11(2)3;1-2(3)4/h4-10H2,1-3H3;1H3,(H,3,4). The molecule has 0 spiro atoms. The van der Waals surface area contributed by atoms with Gasteiger partial charge in [-0.3, -0.25) is 4.79 Å². The molecule has 3 heteroatoms. The zero-order valence-electron chi connectivity index (χ0n) is 10.8. The van der Waals surface area contributed by atoms with Gasteiger partial charge in [-0.05, 0) is 27.1 Å². The molecule has 92 valence electrons. The summed E-state index contributed by atoms with van der Waals surface area (Å²) in [6.07, 6.45) is 8.43. The summed E-state index contributed by atoms with van der Waals surface area (Å²) >= 11 is 0. The highest BCUT2D eigenvalue weighted by molar-refractivity contribution is 5.62. The predicted molar refractivity (Wildman–Crippen MR) is 65.2 cm³/mol. The fourth-order valence-electron chi connectivity index (χ4n) is 1.21. The molecule has 0 aliphatic carbocycles. The Labute approximate surface area is 94.5 Å². The first-order valence-electron chi connectivity index (χ1n) is 5.85. The molecule has 0 rings (SSSR count). The second-order valence-electron chi connectivity index (χ2n) is 4.09. The molecule has 0 fully saturated rings. The molecule has 0 aliphatic heterocycles. The summed E-state index contributed by atoms with van der Waals surface area (Å²) in [5.74, 6) is -0.833. The number of rotatable bonds is 7. The fraction of sp³-hybridized carbons (Fsp3) is 0.917. The van der Waals surface area contributed by atoms with E-state index in [0.29, 0.717) is 0 Å². The van der Waals surface area contributed by atoms with Crippen molar-refractivity contribution in [3.05, 3.63) is 0 Å². The van der Waals surface area contributed by atoms with Crippen molar-refractivity contribution in [2.45, 2.75) is 52.4 Å². The zero-order chi connectivity index (χ0) is 12.1. The Balaban J connectivity index is 0. The van der Waals surface area contributed by atoms with Crippen molar-refractivity contribution in [3.63, 3.8) is 0 Å². The normalized spacial score (nSPS) is 9.67. The summed E-state index contributed by atoms with van der Waals surface area (Å²) in [5, 5.41) is 7.42. The van der Waals surface area contributed by atoms with Crippen molar-refractivity contribution in [2.75, 3.05) is 20.6 Å². The number of hydrogen-bond acceptors (Lipinski definition) is 2. The van der Waals surface area contributed by atoms with Gasteiger partial charge in [-0.2, -0.15) is 0 Å². The van der Waals surface area contributed by atoms with Crippen LogP contribution in [0, 0.1) is 0 Å². The highest BCUT2D eigenvalue weighted by atomic mass is 16.4. The van der Waals surface area contributed by atoms with Crippen molar-refractivity contribution in [3.8, 4) is 0 Å². The van der Waals surface area contributed by atoms with Crippen LogP contribution in [0.3, 0.4) is 0 Å². The van der Waals surface area contributed by atoms with E-state index < -0.39 is 5.97 Å². The van der Waals surface area contributed by atoms with Gasteiger partial charge in [0.1, 0.15) is 0 Å². The van der Waals surface area contributed by atoms with Crippen LogP contribution in [-0.4, -0.2) is 36.6 Å². The monoisotopic (exact) mass is 217 g/mol. The molecule has 0 saturated carbocycles. The average molecular weight is 217 g/mol. The van der Waals surface area contributed by atoms with Crippen LogP contribution in [0.2, 0.25) is 0 Å². The van der Waals surface area contributed by atoms with Gasteiger partial charge in [0.05, 0.1) is 0 Å². The summed E-state index contributed by atoms with van der Waals surface area (Å²) in [4.78, 5) is 11.3. The van der Waals surface area contributed by atoms with E-state index in [1.54, 1.807) is 0 Å². The highest BCUT2D eigenvalue weighted by Crippen LogP contribution is 2.04. The lowest BCUT2D eigenvalue weighted by Gasteiger charge is -2.08. The summed E-state index contributed by atoms with van der Waals surface area (Å²) in [6.45, 7) is 4.60. The van der Waals surface area contributed by atoms with Gasteiger partial charge in [0.25, 0.3) is 5.97 Å². The van der Waals surface area contributed by atoms with E-state index in [-0.39, 0.29) is 0 Å². The molecular weight excluding hydrogens is 190 g/mol. The number of unbranched alkanes of at least 4 members (excludes halogenated alkanes) is 5. The number of carbonyl (C=O) groups is 1. The van der Waals surface area contributed by atoms with Crippen LogP contribution < -0.4 is 0 Å². The molecule has 0 aromatic rings. The molecule has 0 aliphatic rings. The molecule has 0 amide bonds. The van der Waals surface area contributed by atoms with E-state index in [1.807, 2.05) is 0 Å². The number of carboxylic acids is 1. The Morgan fingerprint density at radius 3 is 1.87 bits per heavy atom. The van der Waals surface area contributed by atoms with Crippen LogP contribution in [0.4, 0.5) is 0 Å². The van der Waals surface area contributed by atoms with Crippen LogP contribution in [0.5, 0.6) is 0 Å². The van der Waals surface area contributed by atoms with E-state index >= 15 is 0 Å². The van der Waals surface area contributed by atoms with Gasteiger partial charge in [0.2, 0.25) is 0 Å². The second-order valence-corrected chi connectivity index (χ2v) is 4.09. The average Bonchev–Trinajstić information content (AvgIpc) is 2.09. The topological polar surface area (TPSA) is 40.5 Å². The largest absolute Gasteiger partial charge is 0.481 e. The molecule has 1 N–H and O–H groups in total. The molecule has 0 radical (unpaired) electrons. The van der Waals surface area contributed by atoms with Gasteiger partial charge in [-0.1, -0.05) is 39.0 Å². The second kappa shape index (κ2) is 13.4. The van der Waals surface area contributed by atoms with Crippen molar-refractivity contribution >= 4 is 5.97 Å². The maximum atomic E-state index is 9.00. The Hall–Kier alpha value is -0.570. The van der Waals surface area contributed by atoms with Crippen LogP contribution in [-0.2, 0) is 4.79 Å². The lowest BCUT2D eigenvalue weighted by Crippen LogP contribution is -2.12. The molecule has 0 atom stereocenters. The summed E-state index contributed by atoms with van der Waals surface area (Å²) in [6, 6.07) is 0. The van der Waals surface area contributed by atoms with Gasteiger partial charge >= 0.3 is 0 Å². The van der Waals surface area contributed by atoms with Crippen LogP contribution in [0.25, 0.3) is 0 Å². The first-order valence-corrected chi connectivity index (χ1v) is 5.85. The molecular formula is C12H27NO2. The Morgan fingerprint density at radius 2 is 1.47 bits per heavy atom. The van der Waals surface area contributed by atoms with Crippen molar-refractivity contribution < 1.29 is 9.90 Å². The van der Waals surface area contributed by atoms with Gasteiger partial charge in [0.15, 0.2) is 0 Å². The third kappa shape index (κ3) is 31.8. The number of carboxylic acid groups (broad SMARTS) is 1. The highest BCUT2D eigenvalue weighted by Gasteiger charge is 1.90. The third-order valence-corrected chi connectivity index (χ3v) is 1.96. The lowest BCUT2D eigenvalue weighted by molar-refractivity contribution is -0.134. The maximum absolute atomic E-state index is 9.00. The minimum absolute atomic E-state index is 0.833. The zero-order valence-corrected chi connectivity index (χ0v) is 10.8. The number of nitrogens with zero attached hydrogens (tertiary/aromatic N) is 1. The molecule has 0 saturated heterocycles. The van der Waals surface area contributed by atoms with Crippen molar-refractivity contribution in [1.29, 1.82) is 0 Å². The van der Waals surface area contributed by atoms with Crippen LogP contribution >= 0.6 is 0 Å². The van der Waals surface area contributed by atoms with Crippen LogP contribution in [0.1, 0.15) is 52.4 Å². The Bertz CT molecular complexity index is 132. The van der Waals surface area contributed by atoms with Crippen molar-refractivity contribution in [1.82, 2.24) is 4.90 Å². The molecule has 3 nitrogen and oxygen atoms in total. The molecule has 0 heterocycles. The number of aliphatic carboxylic acids is 1. The molecule has 0 bridgehead atoms. The van der Waals surface area contributed by atoms with Gasteiger partial charge in [-0.25, -0.2) is 0 Å². The first kappa shape index (κ1) is 16.8. The van der Waals surface area contributed by atoms with E-state index in [1.165, 1.54) is 45.1 Å². The number of hydrogen-bond donors (Lipinski definition) is 1. The maximum Gasteiger partial charge on any atom is 0.300 e. The van der Waals surface area contributed by atoms with Crippen LogP contribution in [0.15, 0.2) is 0 Å². The summed E-state index contributed by atoms with van der Waals surface area (Å²) in [7, 11) is 4.29. The van der Waals surface area contributed by atoms with Crippen molar-refractivity contribution in [2.24, 2.45) is 0 Å². The van der Waals surface area contributed by atoms with E-state index in [4.69, 9.17) is 9.90 Å². The lowest BCUT2D eigenvalue weighted by atomic mass is 10.1. The van der Waals surface area contributed by atoms with E-state index in [2.05, 4.69) is 25.9 Å². The fourth-order valence-corrected chi connectivity index (χ4v) is 1.21. The molecule has 0 aromatic heterocycles. The van der Waals surface area contributed by atoms with E-state index in [9.17, 15) is 0 Å². The summed E-state index contributed by atoms with van der Waals surface area (Å²) in [5.41, 5.74) is 0. The minimum atomic E-state index is -0.833. The third-order valence-electron chi connectivity index (χ3n) is 1.96. The van der Waals surface area contributed by atoms with Gasteiger partial charge in [0, 0.05) is 6.92 Å². The first-order chi connectivity index (χ1) is 7.00. The summed E-state index contributed by atoms with van der Waals surface area (Å²) < 4.78 is 0. The Kier molecular flexibility index (Phi) is 15.1. The minimum Gasteiger partial charge on any atom is -0.481 e. The Morgan fingerprint density at radius 1 is 1.07 bits per heavy atom. The van der Waals surface area contributed by atoms with E-state index in [0.717, 1.165) is 6.92 Å². The molecule has 15 heavy (non-hydrogen) atoms.